The Bertz CT molecular complexity index is 1120. The van der Waals surface area contributed by atoms with Gasteiger partial charge in [0.15, 0.2) is 17.3 Å². The average Bonchev–Trinajstić information content (AvgIpc) is 3.14. The van der Waals surface area contributed by atoms with E-state index in [1.165, 1.54) is 0 Å². The number of nitrogens with zero attached hydrogens (tertiary/aromatic N) is 1. The van der Waals surface area contributed by atoms with E-state index in [1.807, 2.05) is 25.1 Å². The number of hydrazone groups is 1. The third kappa shape index (κ3) is 5.04. The van der Waals surface area contributed by atoms with E-state index in [-0.39, 0.29) is 5.76 Å². The van der Waals surface area contributed by atoms with Gasteiger partial charge in [0.05, 0.1) is 23.5 Å². The lowest BCUT2D eigenvalue weighted by atomic mass is 10.1. The smallest absolute Gasteiger partial charge is 0.307 e. The summed E-state index contributed by atoms with van der Waals surface area (Å²) >= 11 is 5.61. The van der Waals surface area contributed by atoms with Crippen molar-refractivity contribution in [2.24, 2.45) is 5.10 Å². The molecule has 0 saturated heterocycles. The molecular formula is C22H20BrIN2O4. The summed E-state index contributed by atoms with van der Waals surface area (Å²) in [6.45, 7) is 6.23. The van der Waals surface area contributed by atoms with Crippen molar-refractivity contribution in [3.8, 4) is 11.5 Å². The molecule has 1 N–H and O–H groups in total. The number of halogens is 2. The molecule has 3 aromatic rings. The minimum Gasteiger partial charge on any atom is -0.493 e. The van der Waals surface area contributed by atoms with E-state index in [4.69, 9.17) is 13.9 Å². The van der Waals surface area contributed by atoms with Crippen molar-refractivity contribution in [1.29, 1.82) is 0 Å². The highest BCUT2D eigenvalue weighted by Gasteiger charge is 2.15. The minimum atomic E-state index is -0.432. The summed E-state index contributed by atoms with van der Waals surface area (Å²) in [4.78, 5) is 12.4. The Morgan fingerprint density at radius 3 is 2.83 bits per heavy atom. The Balaban J connectivity index is 1.80. The second-order valence-corrected chi connectivity index (χ2v) is 8.33. The van der Waals surface area contributed by atoms with Crippen molar-refractivity contribution in [2.45, 2.75) is 13.3 Å². The number of methoxy groups -OCH3 is 1. The molecule has 0 radical (unpaired) electrons. The number of hydrogen-bond acceptors (Lipinski definition) is 5. The number of nitrogens with one attached hydrogen (secondary N) is 1. The first-order valence-corrected chi connectivity index (χ1v) is 11.0. The number of hydrogen-bond donors (Lipinski definition) is 1. The molecule has 1 amide bonds. The lowest BCUT2D eigenvalue weighted by molar-refractivity contribution is 0.0929. The largest absolute Gasteiger partial charge is 0.493 e. The zero-order valence-electron chi connectivity index (χ0n) is 16.5. The molecule has 0 aliphatic rings. The van der Waals surface area contributed by atoms with Gasteiger partial charge in [-0.15, -0.1) is 6.58 Å². The minimum absolute atomic E-state index is 0.190. The standard InChI is InChI=1S/C22H20BrIN2O4/c1-4-6-14-7-13(8-18(28-3)21(14)29-5-2)12-25-26-22(27)19-10-15-9-16(23)11-17(24)20(15)30-19/h4,7-12H,1,5-6H2,2-3H3,(H,26,27)/b25-12-. The van der Waals surface area contributed by atoms with E-state index < -0.39 is 5.91 Å². The van der Waals surface area contributed by atoms with Crippen molar-refractivity contribution in [3.63, 3.8) is 0 Å². The molecule has 156 valence electrons. The maximum Gasteiger partial charge on any atom is 0.307 e. The second kappa shape index (κ2) is 10.1. The predicted octanol–water partition coefficient (Wildman–Crippen LogP) is 5.70. The molecule has 0 unspecified atom stereocenters. The molecule has 2 aromatic carbocycles. The van der Waals surface area contributed by atoms with Crippen LogP contribution in [-0.4, -0.2) is 25.8 Å². The molecule has 1 heterocycles. The van der Waals surface area contributed by atoms with Gasteiger partial charge < -0.3 is 13.9 Å². The van der Waals surface area contributed by atoms with Crippen LogP contribution in [0.3, 0.4) is 0 Å². The van der Waals surface area contributed by atoms with E-state index in [9.17, 15) is 4.79 Å². The third-order valence-electron chi connectivity index (χ3n) is 4.17. The van der Waals surface area contributed by atoms with Gasteiger partial charge in [0, 0.05) is 15.4 Å². The molecule has 0 aliphatic carbocycles. The van der Waals surface area contributed by atoms with Crippen LogP contribution in [0.1, 0.15) is 28.6 Å². The van der Waals surface area contributed by atoms with E-state index in [2.05, 4.69) is 55.6 Å². The Kier molecular flexibility index (Phi) is 7.54. The Morgan fingerprint density at radius 2 is 2.13 bits per heavy atom. The number of amides is 1. The second-order valence-electron chi connectivity index (χ2n) is 6.25. The lowest BCUT2D eigenvalue weighted by Gasteiger charge is -2.14. The van der Waals surface area contributed by atoms with E-state index >= 15 is 0 Å². The fourth-order valence-corrected chi connectivity index (χ4v) is 4.59. The highest BCUT2D eigenvalue weighted by molar-refractivity contribution is 14.1. The van der Waals surface area contributed by atoms with Gasteiger partial charge in [-0.05, 0) is 71.8 Å². The number of furan rings is 1. The van der Waals surface area contributed by atoms with Crippen LogP contribution in [-0.2, 0) is 6.42 Å². The SMILES string of the molecule is C=CCc1cc(/C=N\NC(=O)c2cc3cc(Br)cc(I)c3o2)cc(OC)c1OCC. The summed E-state index contributed by atoms with van der Waals surface area (Å²) in [6, 6.07) is 9.23. The summed E-state index contributed by atoms with van der Waals surface area (Å²) in [5.74, 6) is 1.04. The molecule has 0 fully saturated rings. The van der Waals surface area contributed by atoms with E-state index in [0.29, 0.717) is 30.1 Å². The number of rotatable bonds is 8. The fourth-order valence-electron chi connectivity index (χ4n) is 2.93. The van der Waals surface area contributed by atoms with Crippen LogP contribution in [0, 0.1) is 3.57 Å². The molecule has 0 atom stereocenters. The average molecular weight is 583 g/mol. The maximum absolute atomic E-state index is 12.4. The number of carbonyl (C=O) groups is 1. The summed E-state index contributed by atoms with van der Waals surface area (Å²) in [5.41, 5.74) is 4.85. The quantitative estimate of drug-likeness (QED) is 0.160. The molecule has 0 spiro atoms. The molecule has 0 aliphatic heterocycles. The van der Waals surface area contributed by atoms with Gasteiger partial charge in [-0.25, -0.2) is 5.43 Å². The van der Waals surface area contributed by atoms with Crippen molar-refractivity contribution < 1.29 is 18.7 Å². The zero-order valence-corrected chi connectivity index (χ0v) is 20.2. The van der Waals surface area contributed by atoms with Gasteiger partial charge in [-0.3, -0.25) is 4.79 Å². The Labute approximate surface area is 196 Å². The van der Waals surface area contributed by atoms with Crippen LogP contribution in [0.5, 0.6) is 11.5 Å². The van der Waals surface area contributed by atoms with Gasteiger partial charge in [-0.1, -0.05) is 22.0 Å². The Morgan fingerprint density at radius 1 is 1.33 bits per heavy atom. The van der Waals surface area contributed by atoms with Crippen molar-refractivity contribution in [3.05, 3.63) is 67.9 Å². The summed E-state index contributed by atoms with van der Waals surface area (Å²) in [7, 11) is 1.58. The van der Waals surface area contributed by atoms with Crippen molar-refractivity contribution in [2.75, 3.05) is 13.7 Å². The number of ether oxygens (including phenoxy) is 2. The first-order valence-electron chi connectivity index (χ1n) is 9.13. The van der Waals surface area contributed by atoms with Crippen LogP contribution in [0.4, 0.5) is 0 Å². The maximum atomic E-state index is 12.4. The van der Waals surface area contributed by atoms with Crippen LogP contribution < -0.4 is 14.9 Å². The van der Waals surface area contributed by atoms with Crippen LogP contribution >= 0.6 is 38.5 Å². The highest BCUT2D eigenvalue weighted by Crippen LogP contribution is 2.33. The number of benzene rings is 2. The normalized spacial score (nSPS) is 11.1. The van der Waals surface area contributed by atoms with Crippen LogP contribution in [0.2, 0.25) is 0 Å². The van der Waals surface area contributed by atoms with Gasteiger partial charge in [0.2, 0.25) is 0 Å². The lowest BCUT2D eigenvalue weighted by Crippen LogP contribution is -2.16. The molecule has 3 rings (SSSR count). The molecule has 6 nitrogen and oxygen atoms in total. The fraction of sp³-hybridized carbons (Fsp3) is 0.182. The first kappa shape index (κ1) is 22.4. The molecule has 30 heavy (non-hydrogen) atoms. The van der Waals surface area contributed by atoms with Gasteiger partial charge >= 0.3 is 5.91 Å². The van der Waals surface area contributed by atoms with E-state index in [0.717, 1.165) is 24.6 Å². The molecule has 1 aromatic heterocycles. The molecular weight excluding hydrogens is 563 g/mol. The molecule has 0 saturated carbocycles. The summed E-state index contributed by atoms with van der Waals surface area (Å²) < 4.78 is 18.7. The topological polar surface area (TPSA) is 73.1 Å². The number of allylic oxidation sites excluding steroid dienone is 1. The van der Waals surface area contributed by atoms with Gasteiger partial charge in [-0.2, -0.15) is 5.10 Å². The molecule has 0 bridgehead atoms. The predicted molar refractivity (Wildman–Crippen MR) is 130 cm³/mol. The third-order valence-corrected chi connectivity index (χ3v) is 5.43. The first-order chi connectivity index (χ1) is 14.5. The summed E-state index contributed by atoms with van der Waals surface area (Å²) in [6.07, 6.45) is 3.96. The van der Waals surface area contributed by atoms with E-state index in [1.54, 1.807) is 31.5 Å². The van der Waals surface area contributed by atoms with Crippen molar-refractivity contribution in [1.82, 2.24) is 5.43 Å². The number of carbonyl (C=O) groups excluding carboxylic acids is 1. The highest BCUT2D eigenvalue weighted by atomic mass is 127. The number of fused-ring (bicyclic) bond motifs is 1. The summed E-state index contributed by atoms with van der Waals surface area (Å²) in [5, 5.41) is 4.90. The van der Waals surface area contributed by atoms with Gasteiger partial charge in [0.25, 0.3) is 0 Å². The van der Waals surface area contributed by atoms with Crippen LogP contribution in [0.15, 0.2) is 57.0 Å². The molecule has 8 heteroatoms. The van der Waals surface area contributed by atoms with Gasteiger partial charge in [0.1, 0.15) is 5.58 Å². The van der Waals surface area contributed by atoms with Crippen molar-refractivity contribution >= 4 is 61.6 Å². The van der Waals surface area contributed by atoms with Crippen LogP contribution in [0.25, 0.3) is 11.0 Å². The zero-order chi connectivity index (χ0) is 21.7. The monoisotopic (exact) mass is 582 g/mol. The Hall–Kier alpha value is -2.33.